The maximum Gasteiger partial charge on any atom is 0.255 e. The van der Waals surface area contributed by atoms with Crippen LogP contribution in [0.3, 0.4) is 0 Å². The van der Waals surface area contributed by atoms with E-state index in [9.17, 15) is 9.59 Å². The number of benzene rings is 2. The van der Waals surface area contributed by atoms with Crippen LogP contribution in [0.15, 0.2) is 97.5 Å². The number of carbonyl (C=O) groups is 2. The lowest BCUT2D eigenvalue weighted by Crippen LogP contribution is -2.13. The second-order valence-corrected chi connectivity index (χ2v) is 10.6. The SMILES string of the molecule is CN(C)C/C=C/C(=O)Nc1ccc(C(=O)Nc2cccc(Nc3nc(-c4cnc5[nH]ccc5c4)c4c(ccn4C)n3)c2)cc1. The van der Waals surface area contributed by atoms with E-state index in [4.69, 9.17) is 9.97 Å². The van der Waals surface area contributed by atoms with Gasteiger partial charge in [-0.1, -0.05) is 12.1 Å². The first-order valence-electron chi connectivity index (χ1n) is 14.0. The zero-order chi connectivity index (χ0) is 30.6. The molecule has 0 aliphatic rings. The van der Waals surface area contributed by atoms with Crippen LogP contribution >= 0.6 is 0 Å². The summed E-state index contributed by atoms with van der Waals surface area (Å²) in [4.78, 5) is 44.3. The second-order valence-electron chi connectivity index (χ2n) is 10.6. The standard InChI is InChI=1S/C33H31N9O2/c1-41(2)16-5-8-28(43)36-24-11-9-21(10-12-24)32(44)37-25-6-4-7-26(19-25)38-33-39-27-14-17-42(3)30(27)29(40-33)23-18-22-13-15-34-31(22)35-20-23/h4-15,17-20H,16H2,1-3H3,(H,34,35)(H,36,43)(H,37,44)(H,38,39,40)/b8-5+. The monoisotopic (exact) mass is 585 g/mol. The Morgan fingerprint density at radius 2 is 1.77 bits per heavy atom. The van der Waals surface area contributed by atoms with E-state index in [-0.39, 0.29) is 11.8 Å². The van der Waals surface area contributed by atoms with Gasteiger partial charge in [-0.05, 0) is 74.8 Å². The topological polar surface area (TPSA) is 133 Å². The van der Waals surface area contributed by atoms with Crippen molar-refractivity contribution >= 4 is 56.9 Å². The van der Waals surface area contributed by atoms with Crippen LogP contribution in [-0.2, 0) is 11.8 Å². The minimum absolute atomic E-state index is 0.228. The predicted octanol–water partition coefficient (Wildman–Crippen LogP) is 5.56. The maximum absolute atomic E-state index is 13.0. The fourth-order valence-corrected chi connectivity index (χ4v) is 4.79. The summed E-state index contributed by atoms with van der Waals surface area (Å²) in [5.41, 5.74) is 6.52. The first-order chi connectivity index (χ1) is 21.3. The molecule has 11 nitrogen and oxygen atoms in total. The molecule has 0 saturated heterocycles. The number of rotatable bonds is 9. The molecule has 0 fully saturated rings. The average Bonchev–Trinajstić information content (AvgIpc) is 3.63. The molecule has 0 bridgehead atoms. The van der Waals surface area contributed by atoms with Crippen molar-refractivity contribution in [3.8, 4) is 11.3 Å². The molecule has 2 aromatic carbocycles. The number of aromatic amines is 1. The van der Waals surface area contributed by atoms with Crippen molar-refractivity contribution in [3.05, 3.63) is 103 Å². The van der Waals surface area contributed by atoms with Gasteiger partial charge < -0.3 is 30.4 Å². The Hall–Kier alpha value is -5.81. The molecule has 11 heteroatoms. The highest BCUT2D eigenvalue weighted by molar-refractivity contribution is 6.05. The van der Waals surface area contributed by atoms with Crippen molar-refractivity contribution in [1.82, 2.24) is 29.4 Å². The number of nitrogens with one attached hydrogen (secondary N) is 4. The van der Waals surface area contributed by atoms with Gasteiger partial charge in [0.15, 0.2) is 0 Å². The molecule has 6 rings (SSSR count). The van der Waals surface area contributed by atoms with E-state index in [2.05, 4.69) is 32.0 Å². The van der Waals surface area contributed by atoms with Crippen molar-refractivity contribution in [3.63, 3.8) is 0 Å². The van der Waals surface area contributed by atoms with Crippen molar-refractivity contribution in [1.29, 1.82) is 0 Å². The molecule has 4 aromatic heterocycles. The molecule has 0 atom stereocenters. The molecule has 0 spiro atoms. The molecule has 4 N–H and O–H groups in total. The van der Waals surface area contributed by atoms with Gasteiger partial charge in [0, 0.05) is 71.8 Å². The molecule has 0 aliphatic heterocycles. The Morgan fingerprint density at radius 3 is 2.59 bits per heavy atom. The number of H-pyrrole nitrogens is 1. The fourth-order valence-electron chi connectivity index (χ4n) is 4.79. The highest BCUT2D eigenvalue weighted by atomic mass is 16.2. The van der Waals surface area contributed by atoms with Gasteiger partial charge in [-0.2, -0.15) is 0 Å². The highest BCUT2D eigenvalue weighted by Crippen LogP contribution is 2.30. The highest BCUT2D eigenvalue weighted by Gasteiger charge is 2.15. The molecule has 0 aliphatic carbocycles. The molecule has 0 radical (unpaired) electrons. The van der Waals surface area contributed by atoms with Gasteiger partial charge in [-0.15, -0.1) is 0 Å². The molecule has 2 amide bonds. The average molecular weight is 586 g/mol. The van der Waals surface area contributed by atoms with Gasteiger partial charge in [-0.25, -0.2) is 15.0 Å². The Bertz CT molecular complexity index is 2010. The number of anilines is 4. The second kappa shape index (κ2) is 12.2. The van der Waals surface area contributed by atoms with Crippen LogP contribution in [0, 0.1) is 0 Å². The van der Waals surface area contributed by atoms with Gasteiger partial charge >= 0.3 is 0 Å². The molecular formula is C33H31N9O2. The van der Waals surface area contributed by atoms with Crippen LogP contribution in [0.4, 0.5) is 23.0 Å². The summed E-state index contributed by atoms with van der Waals surface area (Å²) in [6, 6.07) is 20.1. The third-order valence-electron chi connectivity index (χ3n) is 6.92. The number of hydrogen-bond donors (Lipinski definition) is 4. The Balaban J connectivity index is 1.17. The van der Waals surface area contributed by atoms with Gasteiger partial charge in [0.25, 0.3) is 5.91 Å². The Morgan fingerprint density at radius 1 is 0.955 bits per heavy atom. The van der Waals surface area contributed by atoms with Crippen molar-refractivity contribution in [2.24, 2.45) is 7.05 Å². The first kappa shape index (κ1) is 28.3. The molecular weight excluding hydrogens is 554 g/mol. The summed E-state index contributed by atoms with van der Waals surface area (Å²) in [6.45, 7) is 0.669. The zero-order valence-electron chi connectivity index (χ0n) is 24.5. The summed E-state index contributed by atoms with van der Waals surface area (Å²) >= 11 is 0. The molecule has 220 valence electrons. The summed E-state index contributed by atoms with van der Waals surface area (Å²) in [5, 5.41) is 10.0. The number of amides is 2. The maximum atomic E-state index is 13.0. The van der Waals surface area contributed by atoms with Crippen LogP contribution in [0.1, 0.15) is 10.4 Å². The van der Waals surface area contributed by atoms with E-state index >= 15 is 0 Å². The van der Waals surface area contributed by atoms with Crippen LogP contribution in [0.5, 0.6) is 0 Å². The number of carbonyl (C=O) groups excluding carboxylic acids is 2. The van der Waals surface area contributed by atoms with Crippen molar-refractivity contribution in [2.45, 2.75) is 0 Å². The van der Waals surface area contributed by atoms with Crippen LogP contribution in [0.2, 0.25) is 0 Å². The van der Waals surface area contributed by atoms with Crippen LogP contribution in [0.25, 0.3) is 33.3 Å². The normalized spacial score (nSPS) is 11.5. The number of fused-ring (bicyclic) bond motifs is 2. The summed E-state index contributed by atoms with van der Waals surface area (Å²) < 4.78 is 2.00. The number of aryl methyl sites for hydroxylation is 1. The smallest absolute Gasteiger partial charge is 0.255 e. The molecule has 6 aromatic rings. The first-order valence-corrected chi connectivity index (χ1v) is 14.0. The van der Waals surface area contributed by atoms with Gasteiger partial charge in [0.1, 0.15) is 11.3 Å². The third-order valence-corrected chi connectivity index (χ3v) is 6.92. The number of likely N-dealkylation sites (N-methyl/N-ethyl adjacent to an activating group) is 1. The van der Waals surface area contributed by atoms with Crippen LogP contribution < -0.4 is 16.0 Å². The van der Waals surface area contributed by atoms with E-state index in [1.54, 1.807) is 36.5 Å². The number of aromatic nitrogens is 5. The summed E-state index contributed by atoms with van der Waals surface area (Å²) in [5.74, 6) is -0.0809. The van der Waals surface area contributed by atoms with E-state index in [0.717, 1.165) is 33.3 Å². The molecule has 44 heavy (non-hydrogen) atoms. The van der Waals surface area contributed by atoms with Crippen molar-refractivity contribution < 1.29 is 9.59 Å². The number of pyridine rings is 1. The van der Waals surface area contributed by atoms with E-state index in [1.807, 2.05) is 79.4 Å². The largest absolute Gasteiger partial charge is 0.347 e. The minimum Gasteiger partial charge on any atom is -0.347 e. The minimum atomic E-state index is -0.275. The van der Waals surface area contributed by atoms with E-state index < -0.39 is 0 Å². The third kappa shape index (κ3) is 6.32. The van der Waals surface area contributed by atoms with E-state index in [0.29, 0.717) is 35.1 Å². The van der Waals surface area contributed by atoms with E-state index in [1.165, 1.54) is 6.08 Å². The lowest BCUT2D eigenvalue weighted by molar-refractivity contribution is -0.111. The molecule has 0 saturated carbocycles. The van der Waals surface area contributed by atoms with Crippen LogP contribution in [-0.4, -0.2) is 61.9 Å². The zero-order valence-corrected chi connectivity index (χ0v) is 24.5. The summed E-state index contributed by atoms with van der Waals surface area (Å²) in [6.07, 6.45) is 8.89. The Kier molecular flexibility index (Phi) is 7.85. The lowest BCUT2D eigenvalue weighted by atomic mass is 10.1. The lowest BCUT2D eigenvalue weighted by Gasteiger charge is -2.12. The fraction of sp³-hybridized carbons (Fsp3) is 0.121. The number of hydrogen-bond acceptors (Lipinski definition) is 7. The molecule has 0 unspecified atom stereocenters. The number of nitrogens with zero attached hydrogens (tertiary/aromatic N) is 5. The Labute approximate surface area is 253 Å². The van der Waals surface area contributed by atoms with Gasteiger partial charge in [-0.3, -0.25) is 9.59 Å². The van der Waals surface area contributed by atoms with Gasteiger partial charge in [0.05, 0.1) is 11.0 Å². The summed E-state index contributed by atoms with van der Waals surface area (Å²) in [7, 11) is 5.82. The predicted molar refractivity (Wildman–Crippen MR) is 174 cm³/mol. The van der Waals surface area contributed by atoms with Crippen molar-refractivity contribution in [2.75, 3.05) is 36.6 Å². The van der Waals surface area contributed by atoms with Gasteiger partial charge in [0.2, 0.25) is 11.9 Å². The quantitative estimate of drug-likeness (QED) is 0.163. The molecule has 4 heterocycles.